The van der Waals surface area contributed by atoms with Gasteiger partial charge in [-0.2, -0.15) is 13.2 Å². The Labute approximate surface area is 149 Å². The molecule has 0 radical (unpaired) electrons. The van der Waals surface area contributed by atoms with Gasteiger partial charge in [-0.05, 0) is 54.8 Å². The van der Waals surface area contributed by atoms with Crippen LogP contribution in [-0.4, -0.2) is 23.9 Å². The summed E-state index contributed by atoms with van der Waals surface area (Å²) in [7, 11) is 0. The molecule has 0 aromatic heterocycles. The molecule has 1 aliphatic heterocycles. The highest BCUT2D eigenvalue weighted by molar-refractivity contribution is 5.94. The fourth-order valence-electron chi connectivity index (χ4n) is 3.32. The minimum Gasteiger partial charge on any atom is -0.338 e. The smallest absolute Gasteiger partial charge is 0.338 e. The number of carbonyl (C=O) groups excluding carboxylic acids is 1. The van der Waals surface area contributed by atoms with E-state index in [0.717, 1.165) is 37.0 Å². The van der Waals surface area contributed by atoms with Gasteiger partial charge in [0.1, 0.15) is 5.82 Å². The predicted molar refractivity (Wildman–Crippen MR) is 90.3 cm³/mol. The van der Waals surface area contributed by atoms with E-state index in [1.54, 1.807) is 17.0 Å². The van der Waals surface area contributed by atoms with Gasteiger partial charge in [0.2, 0.25) is 0 Å². The van der Waals surface area contributed by atoms with E-state index in [2.05, 4.69) is 0 Å². The van der Waals surface area contributed by atoms with Crippen LogP contribution in [0.3, 0.4) is 0 Å². The fraction of sp³-hybridized carbons (Fsp3) is 0.350. The molecule has 3 rings (SSSR count). The van der Waals surface area contributed by atoms with Crippen LogP contribution in [-0.2, 0) is 6.18 Å². The zero-order valence-corrected chi connectivity index (χ0v) is 14.1. The number of hydrogen-bond donors (Lipinski definition) is 0. The minimum atomic E-state index is -4.42. The molecule has 0 spiro atoms. The van der Waals surface area contributed by atoms with Crippen LogP contribution in [0.2, 0.25) is 0 Å². The Morgan fingerprint density at radius 1 is 0.962 bits per heavy atom. The number of rotatable bonds is 2. The average molecular weight is 365 g/mol. The van der Waals surface area contributed by atoms with Crippen molar-refractivity contribution >= 4 is 5.91 Å². The molecule has 2 aromatic carbocycles. The summed E-state index contributed by atoms with van der Waals surface area (Å²) in [6.45, 7) is 1.04. The number of carbonyl (C=O) groups is 1. The summed E-state index contributed by atoms with van der Waals surface area (Å²) in [6, 6.07) is 10.6. The van der Waals surface area contributed by atoms with Crippen molar-refractivity contribution < 1.29 is 22.4 Å². The van der Waals surface area contributed by atoms with E-state index < -0.39 is 11.7 Å². The van der Waals surface area contributed by atoms with E-state index in [0.29, 0.717) is 13.1 Å². The number of amides is 1. The molecule has 1 aliphatic rings. The third-order valence-electron chi connectivity index (χ3n) is 4.76. The molecule has 1 unspecified atom stereocenters. The Bertz CT molecular complexity index is 753. The van der Waals surface area contributed by atoms with Crippen LogP contribution < -0.4 is 0 Å². The van der Waals surface area contributed by atoms with Gasteiger partial charge < -0.3 is 4.90 Å². The van der Waals surface area contributed by atoms with Crippen molar-refractivity contribution in [2.24, 2.45) is 0 Å². The lowest BCUT2D eigenvalue weighted by molar-refractivity contribution is -0.137. The largest absolute Gasteiger partial charge is 0.416 e. The lowest BCUT2D eigenvalue weighted by Gasteiger charge is -2.25. The summed E-state index contributed by atoms with van der Waals surface area (Å²) in [5.74, 6) is -0.482. The van der Waals surface area contributed by atoms with Gasteiger partial charge in [0.15, 0.2) is 0 Å². The molecule has 0 N–H and O–H groups in total. The molecule has 0 bridgehead atoms. The number of halogens is 4. The summed E-state index contributed by atoms with van der Waals surface area (Å²) in [5.41, 5.74) is 0.449. The van der Waals surface area contributed by atoms with E-state index >= 15 is 0 Å². The molecule has 1 atom stereocenters. The van der Waals surface area contributed by atoms with Gasteiger partial charge in [-0.3, -0.25) is 4.79 Å². The Kier molecular flexibility index (Phi) is 5.30. The second-order valence-electron chi connectivity index (χ2n) is 6.57. The zero-order chi connectivity index (χ0) is 18.7. The predicted octanol–water partition coefficient (Wildman–Crippen LogP) is 5.25. The highest BCUT2D eigenvalue weighted by Gasteiger charge is 2.31. The van der Waals surface area contributed by atoms with Gasteiger partial charge in [-0.25, -0.2) is 4.39 Å². The van der Waals surface area contributed by atoms with Gasteiger partial charge in [-0.1, -0.05) is 18.6 Å². The molecule has 6 heteroatoms. The molecular weight excluding hydrogens is 346 g/mol. The Hall–Kier alpha value is -2.37. The first-order valence-electron chi connectivity index (χ1n) is 8.56. The first-order chi connectivity index (χ1) is 12.3. The van der Waals surface area contributed by atoms with Crippen LogP contribution in [0.4, 0.5) is 17.6 Å². The Morgan fingerprint density at radius 2 is 1.62 bits per heavy atom. The third-order valence-corrected chi connectivity index (χ3v) is 4.76. The van der Waals surface area contributed by atoms with Crippen LogP contribution in [0.5, 0.6) is 0 Å². The molecule has 2 aromatic rings. The summed E-state index contributed by atoms with van der Waals surface area (Å²) in [6.07, 6.45) is -1.75. The highest BCUT2D eigenvalue weighted by Crippen LogP contribution is 2.30. The lowest BCUT2D eigenvalue weighted by atomic mass is 9.94. The fourth-order valence-corrected chi connectivity index (χ4v) is 3.32. The van der Waals surface area contributed by atoms with Gasteiger partial charge in [-0.15, -0.1) is 0 Å². The quantitative estimate of drug-likeness (QED) is 0.665. The maximum atomic E-state index is 13.1. The van der Waals surface area contributed by atoms with Gasteiger partial charge in [0.25, 0.3) is 5.91 Å². The standard InChI is InChI=1S/C20H19F4NO/c21-18-10-6-14(7-11-18)16-3-1-2-12-25(13-16)19(26)15-4-8-17(9-5-15)20(22,23)24/h4-11,16H,1-3,12-13H2. The summed E-state index contributed by atoms with van der Waals surface area (Å²) < 4.78 is 51.2. The van der Waals surface area contributed by atoms with Crippen molar-refractivity contribution in [1.82, 2.24) is 4.90 Å². The molecule has 1 saturated heterocycles. The van der Waals surface area contributed by atoms with Crippen molar-refractivity contribution in [3.8, 4) is 0 Å². The number of nitrogens with zero attached hydrogens (tertiary/aromatic N) is 1. The second kappa shape index (κ2) is 7.48. The molecule has 26 heavy (non-hydrogen) atoms. The van der Waals surface area contributed by atoms with Gasteiger partial charge in [0.05, 0.1) is 5.56 Å². The third kappa shape index (κ3) is 4.23. The van der Waals surface area contributed by atoms with Crippen LogP contribution >= 0.6 is 0 Å². The molecular formula is C20H19F4NO. The monoisotopic (exact) mass is 365 g/mol. The van der Waals surface area contributed by atoms with Crippen molar-refractivity contribution in [1.29, 1.82) is 0 Å². The SMILES string of the molecule is O=C(c1ccc(C(F)(F)F)cc1)N1CCCCC(c2ccc(F)cc2)C1. The average Bonchev–Trinajstić information content (AvgIpc) is 2.87. The number of benzene rings is 2. The normalized spacial score (nSPS) is 18.5. The molecule has 0 saturated carbocycles. The van der Waals surface area contributed by atoms with Crippen LogP contribution in [0, 0.1) is 5.82 Å². The second-order valence-corrected chi connectivity index (χ2v) is 6.57. The van der Waals surface area contributed by atoms with Crippen LogP contribution in [0.15, 0.2) is 48.5 Å². The van der Waals surface area contributed by atoms with E-state index in [-0.39, 0.29) is 23.2 Å². The minimum absolute atomic E-state index is 0.0940. The molecule has 1 fully saturated rings. The van der Waals surface area contributed by atoms with E-state index in [9.17, 15) is 22.4 Å². The zero-order valence-electron chi connectivity index (χ0n) is 14.1. The molecule has 138 valence electrons. The van der Waals surface area contributed by atoms with Crippen molar-refractivity contribution in [3.63, 3.8) is 0 Å². The highest BCUT2D eigenvalue weighted by atomic mass is 19.4. The molecule has 1 amide bonds. The first-order valence-corrected chi connectivity index (χ1v) is 8.56. The summed E-state index contributed by atoms with van der Waals surface area (Å²) >= 11 is 0. The summed E-state index contributed by atoms with van der Waals surface area (Å²) in [5, 5.41) is 0. The molecule has 2 nitrogen and oxygen atoms in total. The number of alkyl halides is 3. The number of likely N-dealkylation sites (tertiary alicyclic amines) is 1. The number of hydrogen-bond acceptors (Lipinski definition) is 1. The first kappa shape index (κ1) is 18.4. The maximum absolute atomic E-state index is 13.1. The maximum Gasteiger partial charge on any atom is 0.416 e. The van der Waals surface area contributed by atoms with Crippen molar-refractivity contribution in [3.05, 3.63) is 71.0 Å². The Balaban J connectivity index is 1.76. The molecule has 1 heterocycles. The Morgan fingerprint density at radius 3 is 2.23 bits per heavy atom. The van der Waals surface area contributed by atoms with Crippen molar-refractivity contribution in [2.75, 3.05) is 13.1 Å². The van der Waals surface area contributed by atoms with E-state index in [1.807, 2.05) is 0 Å². The summed E-state index contributed by atoms with van der Waals surface area (Å²) in [4.78, 5) is 14.4. The van der Waals surface area contributed by atoms with Crippen molar-refractivity contribution in [2.45, 2.75) is 31.4 Å². The van der Waals surface area contributed by atoms with Crippen LogP contribution in [0.25, 0.3) is 0 Å². The van der Waals surface area contributed by atoms with Gasteiger partial charge in [0, 0.05) is 24.6 Å². The lowest BCUT2D eigenvalue weighted by Crippen LogP contribution is -2.34. The molecule has 0 aliphatic carbocycles. The van der Waals surface area contributed by atoms with Crippen LogP contribution in [0.1, 0.15) is 46.7 Å². The van der Waals surface area contributed by atoms with E-state index in [4.69, 9.17) is 0 Å². The topological polar surface area (TPSA) is 20.3 Å². The van der Waals surface area contributed by atoms with Gasteiger partial charge >= 0.3 is 6.18 Å². The van der Waals surface area contributed by atoms with E-state index in [1.165, 1.54) is 24.3 Å².